The lowest BCUT2D eigenvalue weighted by Gasteiger charge is -2.38. The molecule has 2 aliphatic rings. The van der Waals surface area contributed by atoms with Crippen LogP contribution >= 0.6 is 35.1 Å². The van der Waals surface area contributed by atoms with Gasteiger partial charge in [-0.15, -0.1) is 0 Å². The first-order valence-corrected chi connectivity index (χ1v) is 12.6. The van der Waals surface area contributed by atoms with E-state index in [-0.39, 0.29) is 11.7 Å². The molecule has 0 bridgehead atoms. The van der Waals surface area contributed by atoms with Gasteiger partial charge in [-0.3, -0.25) is 14.5 Å². The molecule has 0 saturated carbocycles. The highest BCUT2D eigenvalue weighted by Gasteiger charge is 2.59. The van der Waals surface area contributed by atoms with E-state index in [2.05, 4.69) is 5.10 Å². The van der Waals surface area contributed by atoms with Crippen molar-refractivity contribution in [2.24, 2.45) is 5.10 Å². The highest BCUT2D eigenvalue weighted by Crippen LogP contribution is 2.59. The lowest BCUT2D eigenvalue weighted by molar-refractivity contribution is -0.114. The molecule has 2 heterocycles. The molecule has 0 N–H and O–H groups in total. The van der Waals surface area contributed by atoms with Gasteiger partial charge in [0.15, 0.2) is 10.8 Å². The third-order valence-electron chi connectivity index (χ3n) is 5.39. The number of benzene rings is 3. The van der Waals surface area contributed by atoms with Crippen LogP contribution in [0.5, 0.6) is 0 Å². The number of amides is 1. The summed E-state index contributed by atoms with van der Waals surface area (Å²) in [6.07, 6.45) is 1.89. The number of halogens is 1. The maximum absolute atomic E-state index is 13.9. The number of carbonyl (C=O) groups is 2. The maximum Gasteiger partial charge on any atom is 0.268 e. The van der Waals surface area contributed by atoms with Crippen LogP contribution in [0, 0.1) is 6.92 Å². The normalized spacial score (nSPS) is 21.0. The van der Waals surface area contributed by atoms with E-state index in [0.29, 0.717) is 15.0 Å². The molecular formula is C26H20ClN3O2S2. The van der Waals surface area contributed by atoms with Gasteiger partial charge in [-0.2, -0.15) is 5.10 Å². The van der Waals surface area contributed by atoms with Gasteiger partial charge in [-0.05, 0) is 66.7 Å². The summed E-state index contributed by atoms with van der Waals surface area (Å²) in [5.74, 6) is -0.305. The zero-order valence-electron chi connectivity index (χ0n) is 18.4. The molecule has 5 nitrogen and oxygen atoms in total. The molecule has 3 aromatic carbocycles. The largest absolute Gasteiger partial charge is 0.292 e. The third-order valence-corrected chi connectivity index (χ3v) is 8.46. The van der Waals surface area contributed by atoms with Crippen molar-refractivity contribution >= 4 is 69.3 Å². The Balaban J connectivity index is 1.68. The standard InChI is InChI=1S/C26H20ClN3O2S2/c1-17-8-10-19(11-9-17)16-23-25(32)29(21-6-4-3-5-7-21)26(33-23)30(28-24(34-26)18(2)31)22-14-12-20(27)13-15-22/h3-16H,1-2H3. The Kier molecular flexibility index (Phi) is 6.02. The van der Waals surface area contributed by atoms with Crippen LogP contribution in [-0.4, -0.2) is 21.1 Å². The second-order valence-electron chi connectivity index (χ2n) is 7.90. The number of hydrogen-bond acceptors (Lipinski definition) is 6. The smallest absolute Gasteiger partial charge is 0.268 e. The molecule has 1 spiro atoms. The topological polar surface area (TPSA) is 53.0 Å². The summed E-state index contributed by atoms with van der Waals surface area (Å²) >= 11 is 8.79. The first-order chi connectivity index (χ1) is 16.4. The summed E-state index contributed by atoms with van der Waals surface area (Å²) in [7, 11) is 0. The molecule has 170 valence electrons. The van der Waals surface area contributed by atoms with Gasteiger partial charge in [0.25, 0.3) is 5.91 Å². The number of Topliss-reactive ketones (excluding diaryl/α,β-unsaturated/α-hetero) is 1. The van der Waals surface area contributed by atoms with Crippen LogP contribution in [0.4, 0.5) is 11.4 Å². The van der Waals surface area contributed by atoms with Crippen LogP contribution in [0.2, 0.25) is 5.02 Å². The zero-order valence-corrected chi connectivity index (χ0v) is 20.8. The molecule has 1 unspecified atom stereocenters. The van der Waals surface area contributed by atoms with E-state index in [1.807, 2.05) is 79.7 Å². The molecular weight excluding hydrogens is 486 g/mol. The molecule has 1 saturated heterocycles. The van der Waals surface area contributed by atoms with Gasteiger partial charge in [-0.1, -0.05) is 71.4 Å². The van der Waals surface area contributed by atoms with Crippen LogP contribution in [0.25, 0.3) is 6.08 Å². The van der Waals surface area contributed by atoms with Crippen molar-refractivity contribution in [1.82, 2.24) is 0 Å². The number of para-hydroxylation sites is 1. The number of ketones is 1. The number of hydrazone groups is 1. The number of anilines is 2. The predicted molar refractivity (Wildman–Crippen MR) is 143 cm³/mol. The number of thioether (sulfide) groups is 2. The molecule has 5 rings (SSSR count). The van der Waals surface area contributed by atoms with Gasteiger partial charge in [0.05, 0.1) is 10.6 Å². The van der Waals surface area contributed by atoms with Crippen LogP contribution < -0.4 is 9.91 Å². The Morgan fingerprint density at radius 3 is 2.26 bits per heavy atom. The first-order valence-electron chi connectivity index (χ1n) is 10.6. The molecule has 0 aliphatic carbocycles. The first kappa shape index (κ1) is 22.8. The van der Waals surface area contributed by atoms with E-state index >= 15 is 0 Å². The van der Waals surface area contributed by atoms with Crippen LogP contribution in [0.3, 0.4) is 0 Å². The van der Waals surface area contributed by atoms with E-state index in [4.69, 9.17) is 11.6 Å². The average Bonchev–Trinajstić information content (AvgIpc) is 3.34. The number of carbonyl (C=O) groups excluding carboxylic acids is 2. The Labute approximate surface area is 211 Å². The number of nitrogens with zero attached hydrogens (tertiary/aromatic N) is 3. The molecule has 0 aromatic heterocycles. The fourth-order valence-electron chi connectivity index (χ4n) is 3.73. The van der Waals surface area contributed by atoms with Gasteiger partial charge >= 0.3 is 0 Å². The fraction of sp³-hybridized carbons (Fsp3) is 0.115. The summed E-state index contributed by atoms with van der Waals surface area (Å²) in [4.78, 5) is 28.6. The van der Waals surface area contributed by atoms with Gasteiger partial charge in [0, 0.05) is 17.6 Å². The fourth-order valence-corrected chi connectivity index (χ4v) is 6.73. The molecule has 1 fully saturated rings. The van der Waals surface area contributed by atoms with Gasteiger partial charge in [0.2, 0.25) is 4.33 Å². The Morgan fingerprint density at radius 2 is 1.62 bits per heavy atom. The molecule has 2 aliphatic heterocycles. The van der Waals surface area contributed by atoms with Crippen molar-refractivity contribution in [3.05, 3.63) is 99.9 Å². The van der Waals surface area contributed by atoms with Crippen molar-refractivity contribution in [3.8, 4) is 0 Å². The Bertz CT molecular complexity index is 1320. The second-order valence-corrected chi connectivity index (χ2v) is 11.0. The highest BCUT2D eigenvalue weighted by atomic mass is 35.5. The minimum atomic E-state index is -1.04. The summed E-state index contributed by atoms with van der Waals surface area (Å²) in [5, 5.41) is 7.34. The average molecular weight is 506 g/mol. The molecule has 0 radical (unpaired) electrons. The quantitative estimate of drug-likeness (QED) is 0.377. The maximum atomic E-state index is 13.9. The molecule has 8 heteroatoms. The van der Waals surface area contributed by atoms with E-state index in [1.54, 1.807) is 22.0 Å². The molecule has 1 amide bonds. The van der Waals surface area contributed by atoms with Crippen molar-refractivity contribution in [2.75, 3.05) is 9.91 Å². The van der Waals surface area contributed by atoms with E-state index < -0.39 is 4.33 Å². The van der Waals surface area contributed by atoms with E-state index in [1.165, 1.54) is 30.4 Å². The van der Waals surface area contributed by atoms with Crippen LogP contribution in [-0.2, 0) is 9.59 Å². The summed E-state index contributed by atoms with van der Waals surface area (Å²) in [5.41, 5.74) is 3.53. The minimum absolute atomic E-state index is 0.150. The summed E-state index contributed by atoms with van der Waals surface area (Å²) in [6, 6.07) is 24.7. The predicted octanol–water partition coefficient (Wildman–Crippen LogP) is 6.54. The number of hydrogen-bond donors (Lipinski definition) is 0. The lowest BCUT2D eigenvalue weighted by Crippen LogP contribution is -2.51. The SMILES string of the molecule is CC(=O)C1=NN(c2ccc(Cl)cc2)C2(SC(=Cc3ccc(C)cc3)C(=O)N2c2ccccc2)S1. The minimum Gasteiger partial charge on any atom is -0.292 e. The van der Waals surface area contributed by atoms with Gasteiger partial charge in [0.1, 0.15) is 0 Å². The van der Waals surface area contributed by atoms with Gasteiger partial charge < -0.3 is 0 Å². The monoisotopic (exact) mass is 505 g/mol. The van der Waals surface area contributed by atoms with E-state index in [0.717, 1.165) is 22.5 Å². The number of rotatable bonds is 4. The summed E-state index contributed by atoms with van der Waals surface area (Å²) in [6.45, 7) is 3.51. The van der Waals surface area contributed by atoms with Crippen molar-refractivity contribution < 1.29 is 9.59 Å². The van der Waals surface area contributed by atoms with Crippen molar-refractivity contribution in [3.63, 3.8) is 0 Å². The molecule has 3 aromatic rings. The Hall–Kier alpha value is -3.00. The Morgan fingerprint density at radius 1 is 0.941 bits per heavy atom. The third kappa shape index (κ3) is 4.04. The van der Waals surface area contributed by atoms with E-state index in [9.17, 15) is 9.59 Å². The second kappa shape index (κ2) is 8.98. The molecule has 1 atom stereocenters. The zero-order chi connectivity index (χ0) is 23.9. The summed E-state index contributed by atoms with van der Waals surface area (Å²) < 4.78 is -1.04. The molecule has 34 heavy (non-hydrogen) atoms. The van der Waals surface area contributed by atoms with Crippen molar-refractivity contribution in [2.45, 2.75) is 18.2 Å². The highest BCUT2D eigenvalue weighted by molar-refractivity contribution is 8.29. The lowest BCUT2D eigenvalue weighted by atomic mass is 10.1. The number of aryl methyl sites for hydroxylation is 1. The van der Waals surface area contributed by atoms with Crippen LogP contribution in [0.15, 0.2) is 88.9 Å². The van der Waals surface area contributed by atoms with Crippen LogP contribution in [0.1, 0.15) is 18.1 Å². The van der Waals surface area contributed by atoms with Crippen molar-refractivity contribution in [1.29, 1.82) is 0 Å². The van der Waals surface area contributed by atoms with Gasteiger partial charge in [-0.25, -0.2) is 5.01 Å².